The number of carbonyl (C=O) groups excluding carboxylic acids is 2. The first-order valence-corrected chi connectivity index (χ1v) is 11.5. The van der Waals surface area contributed by atoms with Gasteiger partial charge in [-0.05, 0) is 68.3 Å². The van der Waals surface area contributed by atoms with Crippen molar-refractivity contribution in [3.63, 3.8) is 0 Å². The van der Waals surface area contributed by atoms with Gasteiger partial charge in [0.1, 0.15) is 17.0 Å². The number of hydrogen-bond acceptors (Lipinski definition) is 4. The molecule has 0 spiro atoms. The molecule has 2 N–H and O–H groups in total. The van der Waals surface area contributed by atoms with Gasteiger partial charge < -0.3 is 19.9 Å². The highest BCUT2D eigenvalue weighted by atomic mass is 19.4. The molecule has 7 nitrogen and oxygen atoms in total. The standard InChI is InChI=1S/C27H24F4N4O3/c1-16-15-35(3)23(32-16)11-4-17(2)38-22-10-9-20(14-21(22)28)34-25(37)26(12-13-26)24(36)33-19-7-5-18(6-8-19)27(29,30)31/h4-11,14-15H,2,12-13H2,1,3H3,(H,33,36)(H,34,37)/b11-4-. The van der Waals surface area contributed by atoms with E-state index in [1.807, 2.05) is 24.7 Å². The summed E-state index contributed by atoms with van der Waals surface area (Å²) in [5.74, 6) is -1.34. The molecule has 0 radical (unpaired) electrons. The van der Waals surface area contributed by atoms with Gasteiger partial charge >= 0.3 is 6.18 Å². The Morgan fingerprint density at radius 1 is 1.08 bits per heavy atom. The number of anilines is 2. The molecule has 3 aromatic rings. The summed E-state index contributed by atoms with van der Waals surface area (Å²) in [7, 11) is 1.83. The first kappa shape index (κ1) is 26.6. The van der Waals surface area contributed by atoms with E-state index < -0.39 is 34.8 Å². The highest BCUT2D eigenvalue weighted by molar-refractivity contribution is 6.16. The number of aryl methyl sites for hydroxylation is 2. The van der Waals surface area contributed by atoms with Gasteiger partial charge in [-0.3, -0.25) is 9.59 Å². The zero-order valence-corrected chi connectivity index (χ0v) is 20.5. The second kappa shape index (κ2) is 10.2. The summed E-state index contributed by atoms with van der Waals surface area (Å²) in [6.07, 6.45) is 1.06. The first-order valence-electron chi connectivity index (χ1n) is 11.5. The maximum atomic E-state index is 14.6. The van der Waals surface area contributed by atoms with Gasteiger partial charge in [0.15, 0.2) is 11.6 Å². The van der Waals surface area contributed by atoms with Crippen LogP contribution in [0.4, 0.5) is 28.9 Å². The lowest BCUT2D eigenvalue weighted by Gasteiger charge is -2.16. The molecule has 198 valence electrons. The topological polar surface area (TPSA) is 85.2 Å². The third-order valence-electron chi connectivity index (χ3n) is 5.97. The average molecular weight is 529 g/mol. The lowest BCUT2D eigenvalue weighted by atomic mass is 10.0. The molecule has 2 amide bonds. The Morgan fingerprint density at radius 2 is 1.68 bits per heavy atom. The Hall–Kier alpha value is -4.41. The van der Waals surface area contributed by atoms with E-state index in [2.05, 4.69) is 22.2 Å². The minimum Gasteiger partial charge on any atom is -0.455 e. The molecule has 38 heavy (non-hydrogen) atoms. The number of alkyl halides is 3. The van der Waals surface area contributed by atoms with E-state index in [1.54, 1.807) is 12.2 Å². The van der Waals surface area contributed by atoms with Crippen LogP contribution in [0.5, 0.6) is 5.75 Å². The van der Waals surface area contributed by atoms with Crippen molar-refractivity contribution in [2.24, 2.45) is 12.5 Å². The second-order valence-electron chi connectivity index (χ2n) is 8.96. The van der Waals surface area contributed by atoms with Crippen LogP contribution in [-0.4, -0.2) is 21.4 Å². The second-order valence-corrected chi connectivity index (χ2v) is 8.96. The lowest BCUT2D eigenvalue weighted by Crippen LogP contribution is -2.35. The van der Waals surface area contributed by atoms with E-state index >= 15 is 0 Å². The zero-order chi connectivity index (χ0) is 27.7. The van der Waals surface area contributed by atoms with Gasteiger partial charge in [-0.15, -0.1) is 0 Å². The van der Waals surface area contributed by atoms with Crippen LogP contribution in [0.2, 0.25) is 0 Å². The number of imidazole rings is 1. The summed E-state index contributed by atoms with van der Waals surface area (Å²) in [4.78, 5) is 29.9. The normalized spacial score (nSPS) is 14.3. The molecule has 11 heteroatoms. The highest BCUT2D eigenvalue weighted by Crippen LogP contribution is 2.47. The van der Waals surface area contributed by atoms with Crippen LogP contribution >= 0.6 is 0 Å². The molecule has 0 bridgehead atoms. The van der Waals surface area contributed by atoms with Crippen LogP contribution in [-0.2, 0) is 22.8 Å². The number of halogens is 4. The maximum Gasteiger partial charge on any atom is 0.416 e. The molecule has 4 rings (SSSR count). The largest absolute Gasteiger partial charge is 0.455 e. The van der Waals surface area contributed by atoms with E-state index in [0.717, 1.165) is 36.0 Å². The molecule has 1 aliphatic carbocycles. The number of carbonyl (C=O) groups is 2. The number of allylic oxidation sites excluding steroid dienone is 1. The van der Waals surface area contributed by atoms with Crippen molar-refractivity contribution in [2.45, 2.75) is 25.9 Å². The molecule has 2 aromatic carbocycles. The summed E-state index contributed by atoms with van der Waals surface area (Å²) in [6.45, 7) is 5.60. The van der Waals surface area contributed by atoms with Crippen molar-refractivity contribution in [1.82, 2.24) is 9.55 Å². The van der Waals surface area contributed by atoms with E-state index in [9.17, 15) is 27.2 Å². The number of benzene rings is 2. The Kier molecular flexibility index (Phi) is 7.12. The summed E-state index contributed by atoms with van der Waals surface area (Å²) in [5.41, 5.74) is -1.17. The van der Waals surface area contributed by atoms with Crippen LogP contribution in [0.15, 0.2) is 67.1 Å². The van der Waals surface area contributed by atoms with Gasteiger partial charge in [-0.2, -0.15) is 13.2 Å². The van der Waals surface area contributed by atoms with Gasteiger partial charge in [0.2, 0.25) is 11.8 Å². The molecule has 1 aromatic heterocycles. The number of rotatable bonds is 8. The number of hydrogen-bond donors (Lipinski definition) is 2. The Morgan fingerprint density at radius 3 is 2.21 bits per heavy atom. The maximum absolute atomic E-state index is 14.6. The molecular weight excluding hydrogens is 504 g/mol. The number of amides is 2. The fourth-order valence-corrected chi connectivity index (χ4v) is 3.72. The smallest absolute Gasteiger partial charge is 0.416 e. The summed E-state index contributed by atoms with van der Waals surface area (Å²) in [6, 6.07) is 7.69. The third kappa shape index (κ3) is 5.93. The number of nitrogens with zero attached hydrogens (tertiary/aromatic N) is 2. The molecule has 1 heterocycles. The first-order chi connectivity index (χ1) is 17.9. The van der Waals surface area contributed by atoms with Crippen molar-refractivity contribution in [1.29, 1.82) is 0 Å². The quantitative estimate of drug-likeness (QED) is 0.166. The number of aromatic nitrogens is 2. The zero-order valence-electron chi connectivity index (χ0n) is 20.5. The molecule has 0 unspecified atom stereocenters. The lowest BCUT2D eigenvalue weighted by molar-refractivity contribution is -0.137. The van der Waals surface area contributed by atoms with Gasteiger partial charge in [0.05, 0.1) is 11.3 Å². The molecular formula is C27H24F4N4O3. The fraction of sp³-hybridized carbons (Fsp3) is 0.222. The Bertz CT molecular complexity index is 1420. The van der Waals surface area contributed by atoms with Crippen LogP contribution in [0.1, 0.15) is 29.9 Å². The molecule has 1 saturated carbocycles. The summed E-state index contributed by atoms with van der Waals surface area (Å²) in [5, 5.41) is 5.00. The average Bonchev–Trinajstić information content (AvgIpc) is 3.59. The molecule has 1 fully saturated rings. The van der Waals surface area contributed by atoms with Crippen molar-refractivity contribution in [3.8, 4) is 5.75 Å². The number of nitrogens with one attached hydrogen (secondary N) is 2. The van der Waals surface area contributed by atoms with E-state index in [1.165, 1.54) is 12.1 Å². The summed E-state index contributed by atoms with van der Waals surface area (Å²) < 4.78 is 60.1. The molecule has 0 aliphatic heterocycles. The Balaban J connectivity index is 1.36. The van der Waals surface area contributed by atoms with E-state index in [4.69, 9.17) is 4.74 Å². The van der Waals surface area contributed by atoms with Gasteiger partial charge in [-0.25, -0.2) is 9.37 Å². The molecule has 0 saturated heterocycles. The third-order valence-corrected chi connectivity index (χ3v) is 5.97. The molecule has 1 aliphatic rings. The van der Waals surface area contributed by atoms with Crippen LogP contribution in [0.25, 0.3) is 6.08 Å². The van der Waals surface area contributed by atoms with Crippen LogP contribution in [0, 0.1) is 18.2 Å². The highest BCUT2D eigenvalue weighted by Gasteiger charge is 2.56. The molecule has 0 atom stereocenters. The van der Waals surface area contributed by atoms with Crippen molar-refractivity contribution < 1.29 is 31.9 Å². The van der Waals surface area contributed by atoms with E-state index in [-0.39, 0.29) is 35.7 Å². The summed E-state index contributed by atoms with van der Waals surface area (Å²) >= 11 is 0. The van der Waals surface area contributed by atoms with Crippen molar-refractivity contribution >= 4 is 29.3 Å². The van der Waals surface area contributed by atoms with Gasteiger partial charge in [-0.1, -0.05) is 6.58 Å². The SMILES string of the molecule is C=C(/C=C\c1nc(C)cn1C)Oc1ccc(NC(=O)C2(C(=O)Nc3ccc(C(F)(F)F)cc3)CC2)cc1F. The van der Waals surface area contributed by atoms with Crippen molar-refractivity contribution in [3.05, 3.63) is 90.0 Å². The predicted octanol–water partition coefficient (Wildman–Crippen LogP) is 5.85. The fourth-order valence-electron chi connectivity index (χ4n) is 3.72. The van der Waals surface area contributed by atoms with Crippen LogP contribution < -0.4 is 15.4 Å². The minimum absolute atomic E-state index is 0.109. The van der Waals surface area contributed by atoms with Crippen molar-refractivity contribution in [2.75, 3.05) is 10.6 Å². The van der Waals surface area contributed by atoms with Gasteiger partial charge in [0.25, 0.3) is 0 Å². The van der Waals surface area contributed by atoms with Crippen LogP contribution in [0.3, 0.4) is 0 Å². The number of ether oxygens (including phenoxy) is 1. The van der Waals surface area contributed by atoms with Gasteiger partial charge in [0, 0.05) is 30.7 Å². The monoisotopic (exact) mass is 528 g/mol. The minimum atomic E-state index is -4.50. The predicted molar refractivity (Wildman–Crippen MR) is 134 cm³/mol. The Labute approximate surface area is 215 Å². The van der Waals surface area contributed by atoms with E-state index in [0.29, 0.717) is 5.82 Å².